The van der Waals surface area contributed by atoms with E-state index in [1.54, 1.807) is 0 Å². The summed E-state index contributed by atoms with van der Waals surface area (Å²) in [5.74, 6) is 0.852. The molecule has 1 rings (SSSR count). The Balaban J connectivity index is 3.07. The van der Waals surface area contributed by atoms with Gasteiger partial charge in [0.2, 0.25) is 0 Å². The first-order valence-electron chi connectivity index (χ1n) is 4.87. The van der Waals surface area contributed by atoms with E-state index in [9.17, 15) is 0 Å². The average Bonchev–Trinajstić information content (AvgIpc) is 2.02. The minimum absolute atomic E-state index is 0.108. The van der Waals surface area contributed by atoms with E-state index in [-0.39, 0.29) is 5.41 Å². The number of rotatable bonds is 2. The third-order valence-electron chi connectivity index (χ3n) is 2.05. The Morgan fingerprint density at radius 3 is 2.36 bits per heavy atom. The van der Waals surface area contributed by atoms with Crippen LogP contribution < -0.4 is 4.74 Å². The molecule has 2 heteroatoms. The quantitative estimate of drug-likeness (QED) is 0.719. The third-order valence-corrected chi connectivity index (χ3v) is 2.27. The van der Waals surface area contributed by atoms with Gasteiger partial charge in [0, 0.05) is 5.02 Å². The molecule has 1 aromatic rings. The van der Waals surface area contributed by atoms with Crippen molar-refractivity contribution >= 4 is 11.6 Å². The van der Waals surface area contributed by atoms with Crippen LogP contribution in [0, 0.1) is 0 Å². The largest absolute Gasteiger partial charge is 0.494 e. The van der Waals surface area contributed by atoms with Gasteiger partial charge in [-0.1, -0.05) is 32.4 Å². The molecular formula is C12H17ClO. The molecule has 0 aliphatic carbocycles. The Morgan fingerprint density at radius 1 is 1.21 bits per heavy atom. The lowest BCUT2D eigenvalue weighted by Crippen LogP contribution is -2.11. The molecule has 78 valence electrons. The Labute approximate surface area is 91.0 Å². The molecule has 0 fully saturated rings. The van der Waals surface area contributed by atoms with Crippen LogP contribution in [-0.2, 0) is 5.41 Å². The van der Waals surface area contributed by atoms with E-state index < -0.39 is 0 Å². The number of ether oxygens (including phenoxy) is 1. The van der Waals surface area contributed by atoms with Gasteiger partial charge in [-0.05, 0) is 36.1 Å². The smallest absolute Gasteiger partial charge is 0.121 e. The highest BCUT2D eigenvalue weighted by molar-refractivity contribution is 6.30. The van der Waals surface area contributed by atoms with Gasteiger partial charge in [0.05, 0.1) is 6.61 Å². The van der Waals surface area contributed by atoms with Crippen LogP contribution in [0.25, 0.3) is 0 Å². The molecule has 1 nitrogen and oxygen atoms in total. The van der Waals surface area contributed by atoms with Crippen LogP contribution in [0.1, 0.15) is 33.3 Å². The van der Waals surface area contributed by atoms with Gasteiger partial charge >= 0.3 is 0 Å². The molecule has 0 N–H and O–H groups in total. The molecule has 0 saturated carbocycles. The van der Waals surface area contributed by atoms with E-state index in [4.69, 9.17) is 16.3 Å². The SMILES string of the molecule is CCOc1cc(Cl)cc(C(C)(C)C)c1. The fourth-order valence-electron chi connectivity index (χ4n) is 1.25. The standard InChI is InChI=1S/C12H17ClO/c1-5-14-11-7-9(12(2,3)4)6-10(13)8-11/h6-8H,5H2,1-4H3. The molecule has 0 atom stereocenters. The van der Waals surface area contributed by atoms with Crippen molar-refractivity contribution in [3.63, 3.8) is 0 Å². The maximum absolute atomic E-state index is 6.01. The Kier molecular flexibility index (Phi) is 3.43. The summed E-state index contributed by atoms with van der Waals surface area (Å²) in [7, 11) is 0. The van der Waals surface area contributed by atoms with Crippen molar-refractivity contribution in [2.75, 3.05) is 6.61 Å². The molecule has 14 heavy (non-hydrogen) atoms. The zero-order valence-corrected chi connectivity index (χ0v) is 9.98. The molecule has 0 unspecified atom stereocenters. The molecule has 0 aliphatic heterocycles. The van der Waals surface area contributed by atoms with Gasteiger partial charge in [-0.15, -0.1) is 0 Å². The van der Waals surface area contributed by atoms with Crippen LogP contribution in [0.5, 0.6) is 5.75 Å². The zero-order valence-electron chi connectivity index (χ0n) is 9.23. The second-order valence-corrected chi connectivity index (χ2v) is 4.80. The van der Waals surface area contributed by atoms with Crippen molar-refractivity contribution in [1.29, 1.82) is 0 Å². The van der Waals surface area contributed by atoms with Gasteiger partial charge in [-0.2, -0.15) is 0 Å². The van der Waals surface area contributed by atoms with Crippen LogP contribution in [0.2, 0.25) is 5.02 Å². The third kappa shape index (κ3) is 2.91. The monoisotopic (exact) mass is 212 g/mol. The molecule has 0 amide bonds. The van der Waals surface area contributed by atoms with E-state index >= 15 is 0 Å². The number of halogens is 1. The first-order chi connectivity index (χ1) is 6.43. The highest BCUT2D eigenvalue weighted by Crippen LogP contribution is 2.29. The van der Waals surface area contributed by atoms with Crippen molar-refractivity contribution in [1.82, 2.24) is 0 Å². The van der Waals surface area contributed by atoms with E-state index in [2.05, 4.69) is 26.8 Å². The summed E-state index contributed by atoms with van der Waals surface area (Å²) in [6.45, 7) is 9.12. The van der Waals surface area contributed by atoms with Crippen LogP contribution in [0.3, 0.4) is 0 Å². The van der Waals surface area contributed by atoms with Crippen molar-refractivity contribution in [3.05, 3.63) is 28.8 Å². The van der Waals surface area contributed by atoms with E-state index in [0.29, 0.717) is 6.61 Å². The van der Waals surface area contributed by atoms with Crippen LogP contribution >= 0.6 is 11.6 Å². The summed E-state index contributed by atoms with van der Waals surface area (Å²) >= 11 is 6.01. The first kappa shape index (κ1) is 11.4. The van der Waals surface area contributed by atoms with Gasteiger partial charge in [-0.25, -0.2) is 0 Å². The van der Waals surface area contributed by atoms with E-state index in [0.717, 1.165) is 10.8 Å². The topological polar surface area (TPSA) is 9.23 Å². The summed E-state index contributed by atoms with van der Waals surface area (Å²) in [5, 5.41) is 0.737. The minimum atomic E-state index is 0.108. The Bertz CT molecular complexity index is 313. The summed E-state index contributed by atoms with van der Waals surface area (Å²) in [5.41, 5.74) is 1.31. The normalized spacial score (nSPS) is 11.5. The van der Waals surface area contributed by atoms with Crippen molar-refractivity contribution in [3.8, 4) is 5.75 Å². The lowest BCUT2D eigenvalue weighted by Gasteiger charge is -2.20. The van der Waals surface area contributed by atoms with Gasteiger partial charge in [0.25, 0.3) is 0 Å². The minimum Gasteiger partial charge on any atom is -0.494 e. The fourth-order valence-corrected chi connectivity index (χ4v) is 1.47. The Hall–Kier alpha value is -0.690. The molecule has 0 heterocycles. The maximum atomic E-state index is 6.01. The number of hydrogen-bond donors (Lipinski definition) is 0. The summed E-state index contributed by atoms with van der Waals surface area (Å²) < 4.78 is 5.44. The second-order valence-electron chi connectivity index (χ2n) is 4.36. The summed E-state index contributed by atoms with van der Waals surface area (Å²) in [4.78, 5) is 0. The fraction of sp³-hybridized carbons (Fsp3) is 0.500. The molecule has 0 aromatic heterocycles. The zero-order chi connectivity index (χ0) is 10.8. The van der Waals surface area contributed by atoms with Crippen molar-refractivity contribution in [2.45, 2.75) is 33.1 Å². The van der Waals surface area contributed by atoms with Crippen LogP contribution in [-0.4, -0.2) is 6.61 Å². The predicted octanol–water partition coefficient (Wildman–Crippen LogP) is 4.04. The summed E-state index contributed by atoms with van der Waals surface area (Å²) in [6, 6.07) is 5.89. The van der Waals surface area contributed by atoms with Crippen molar-refractivity contribution < 1.29 is 4.74 Å². The van der Waals surface area contributed by atoms with Crippen molar-refractivity contribution in [2.24, 2.45) is 0 Å². The molecule has 0 aliphatic rings. The predicted molar refractivity (Wildman–Crippen MR) is 61.3 cm³/mol. The van der Waals surface area contributed by atoms with Gasteiger partial charge < -0.3 is 4.74 Å². The molecule has 0 spiro atoms. The average molecular weight is 213 g/mol. The first-order valence-corrected chi connectivity index (χ1v) is 5.25. The van der Waals surface area contributed by atoms with Gasteiger partial charge in [0.15, 0.2) is 0 Å². The molecule has 1 aromatic carbocycles. The maximum Gasteiger partial charge on any atom is 0.121 e. The van der Waals surface area contributed by atoms with Crippen LogP contribution in [0.4, 0.5) is 0 Å². The van der Waals surface area contributed by atoms with E-state index in [1.807, 2.05) is 19.1 Å². The van der Waals surface area contributed by atoms with E-state index in [1.165, 1.54) is 5.56 Å². The number of hydrogen-bond acceptors (Lipinski definition) is 1. The lowest BCUT2D eigenvalue weighted by molar-refractivity contribution is 0.339. The lowest BCUT2D eigenvalue weighted by atomic mass is 9.87. The second kappa shape index (κ2) is 4.22. The van der Waals surface area contributed by atoms with Crippen LogP contribution in [0.15, 0.2) is 18.2 Å². The van der Waals surface area contributed by atoms with Gasteiger partial charge in [0.1, 0.15) is 5.75 Å². The molecule has 0 radical (unpaired) electrons. The molecule has 0 bridgehead atoms. The Morgan fingerprint density at radius 2 is 1.86 bits per heavy atom. The van der Waals surface area contributed by atoms with Gasteiger partial charge in [-0.3, -0.25) is 0 Å². The highest BCUT2D eigenvalue weighted by Gasteiger charge is 2.15. The molecule has 0 saturated heterocycles. The highest BCUT2D eigenvalue weighted by atomic mass is 35.5. The molecular weight excluding hydrogens is 196 g/mol. The number of benzene rings is 1. The summed E-state index contributed by atoms with van der Waals surface area (Å²) in [6.07, 6.45) is 0.